The lowest BCUT2D eigenvalue weighted by molar-refractivity contribution is 0.627. The normalized spacial score (nSPS) is 16.1. The molecule has 4 heteroatoms. The fourth-order valence-electron chi connectivity index (χ4n) is 1.68. The average molecular weight is 222 g/mol. The van der Waals surface area contributed by atoms with Crippen LogP contribution in [0, 0.1) is 17.1 Å². The third kappa shape index (κ3) is 2.24. The SMILES string of the molecule is N#Cc1cc(F)ccc1N1CCSCC1. The van der Waals surface area contributed by atoms with Crippen molar-refractivity contribution >= 4 is 17.4 Å². The highest BCUT2D eigenvalue weighted by Gasteiger charge is 2.14. The van der Waals surface area contributed by atoms with E-state index in [1.165, 1.54) is 12.1 Å². The Bertz CT molecular complexity index is 394. The van der Waals surface area contributed by atoms with Crippen molar-refractivity contribution < 1.29 is 4.39 Å². The van der Waals surface area contributed by atoms with Crippen molar-refractivity contribution in [1.29, 1.82) is 5.26 Å². The van der Waals surface area contributed by atoms with Crippen LogP contribution in [0.3, 0.4) is 0 Å². The van der Waals surface area contributed by atoms with Crippen molar-refractivity contribution in [1.82, 2.24) is 0 Å². The van der Waals surface area contributed by atoms with Gasteiger partial charge in [0.1, 0.15) is 11.9 Å². The maximum absolute atomic E-state index is 12.9. The summed E-state index contributed by atoms with van der Waals surface area (Å²) in [7, 11) is 0. The predicted molar refractivity (Wildman–Crippen MR) is 60.7 cm³/mol. The summed E-state index contributed by atoms with van der Waals surface area (Å²) in [6.45, 7) is 1.87. The number of hydrogen-bond donors (Lipinski definition) is 0. The molecule has 78 valence electrons. The molecule has 1 aliphatic rings. The van der Waals surface area contributed by atoms with E-state index >= 15 is 0 Å². The van der Waals surface area contributed by atoms with Crippen molar-refractivity contribution in [2.24, 2.45) is 0 Å². The third-order valence-electron chi connectivity index (χ3n) is 2.43. The first-order valence-electron chi connectivity index (χ1n) is 4.83. The van der Waals surface area contributed by atoms with E-state index in [0.717, 1.165) is 30.3 Å². The van der Waals surface area contributed by atoms with Gasteiger partial charge in [0.05, 0.1) is 11.3 Å². The molecule has 15 heavy (non-hydrogen) atoms. The lowest BCUT2D eigenvalue weighted by atomic mass is 10.1. The fraction of sp³-hybridized carbons (Fsp3) is 0.364. The largest absolute Gasteiger partial charge is 0.369 e. The monoisotopic (exact) mass is 222 g/mol. The zero-order valence-corrected chi connectivity index (χ0v) is 9.06. The van der Waals surface area contributed by atoms with Gasteiger partial charge in [-0.3, -0.25) is 0 Å². The van der Waals surface area contributed by atoms with Crippen LogP contribution in [0.2, 0.25) is 0 Å². The smallest absolute Gasteiger partial charge is 0.124 e. The maximum atomic E-state index is 12.9. The molecule has 1 fully saturated rings. The van der Waals surface area contributed by atoms with Crippen LogP contribution in [0.15, 0.2) is 18.2 Å². The quantitative estimate of drug-likeness (QED) is 0.729. The van der Waals surface area contributed by atoms with E-state index in [-0.39, 0.29) is 5.82 Å². The van der Waals surface area contributed by atoms with Crippen molar-refractivity contribution in [3.05, 3.63) is 29.6 Å². The van der Waals surface area contributed by atoms with Gasteiger partial charge >= 0.3 is 0 Å². The summed E-state index contributed by atoms with van der Waals surface area (Å²) in [5.74, 6) is 1.80. The lowest BCUT2D eigenvalue weighted by Crippen LogP contribution is -2.32. The zero-order valence-electron chi connectivity index (χ0n) is 8.24. The van der Waals surface area contributed by atoms with Gasteiger partial charge in [-0.25, -0.2) is 4.39 Å². The van der Waals surface area contributed by atoms with Crippen LogP contribution >= 0.6 is 11.8 Å². The number of nitrogens with zero attached hydrogens (tertiary/aromatic N) is 2. The van der Waals surface area contributed by atoms with Gasteiger partial charge in [-0.1, -0.05) is 0 Å². The summed E-state index contributed by atoms with van der Waals surface area (Å²) in [5.41, 5.74) is 1.29. The van der Waals surface area contributed by atoms with Gasteiger partial charge in [-0.05, 0) is 18.2 Å². The molecule has 1 aromatic rings. The van der Waals surface area contributed by atoms with Crippen LogP contribution in [-0.2, 0) is 0 Å². The molecule has 0 aromatic heterocycles. The number of benzene rings is 1. The minimum atomic E-state index is -0.346. The van der Waals surface area contributed by atoms with Crippen LogP contribution in [-0.4, -0.2) is 24.6 Å². The highest BCUT2D eigenvalue weighted by atomic mass is 32.2. The zero-order chi connectivity index (χ0) is 10.7. The molecule has 0 saturated carbocycles. The number of thioether (sulfide) groups is 1. The first-order chi connectivity index (χ1) is 7.31. The second-order valence-corrected chi connectivity index (χ2v) is 4.60. The molecule has 1 heterocycles. The summed E-state index contributed by atoms with van der Waals surface area (Å²) in [6, 6.07) is 6.46. The Hall–Kier alpha value is -1.21. The Balaban J connectivity index is 2.30. The molecule has 0 radical (unpaired) electrons. The van der Waals surface area contributed by atoms with Crippen LogP contribution < -0.4 is 4.90 Å². The molecule has 2 nitrogen and oxygen atoms in total. The number of nitriles is 1. The molecule has 2 rings (SSSR count). The second kappa shape index (κ2) is 4.54. The van der Waals surface area contributed by atoms with Crippen LogP contribution in [0.25, 0.3) is 0 Å². The van der Waals surface area contributed by atoms with Gasteiger partial charge < -0.3 is 4.90 Å². The van der Waals surface area contributed by atoms with Crippen molar-refractivity contribution in [3.63, 3.8) is 0 Å². The molecule has 0 atom stereocenters. The second-order valence-electron chi connectivity index (χ2n) is 3.37. The molecule has 0 amide bonds. The van der Waals surface area contributed by atoms with Crippen LogP contribution in [0.1, 0.15) is 5.56 Å². The van der Waals surface area contributed by atoms with Gasteiger partial charge in [-0.2, -0.15) is 17.0 Å². The number of anilines is 1. The summed E-state index contributed by atoms with van der Waals surface area (Å²) >= 11 is 1.91. The number of hydrogen-bond acceptors (Lipinski definition) is 3. The average Bonchev–Trinajstić information content (AvgIpc) is 2.30. The van der Waals surface area contributed by atoms with Gasteiger partial charge in [0.25, 0.3) is 0 Å². The predicted octanol–water partition coefficient (Wildman–Crippen LogP) is 2.25. The molecule has 0 N–H and O–H groups in total. The van der Waals surface area contributed by atoms with Crippen molar-refractivity contribution in [3.8, 4) is 6.07 Å². The maximum Gasteiger partial charge on any atom is 0.124 e. The summed E-state index contributed by atoms with van der Waals surface area (Å²) in [4.78, 5) is 2.15. The molecule has 0 bridgehead atoms. The lowest BCUT2D eigenvalue weighted by Gasteiger charge is -2.29. The first-order valence-corrected chi connectivity index (χ1v) is 5.99. The summed E-state index contributed by atoms with van der Waals surface area (Å²) in [5, 5.41) is 8.92. The minimum absolute atomic E-state index is 0.346. The fourth-order valence-corrected chi connectivity index (χ4v) is 2.58. The summed E-state index contributed by atoms with van der Waals surface area (Å²) in [6.07, 6.45) is 0. The van der Waals surface area contributed by atoms with E-state index in [1.54, 1.807) is 6.07 Å². The molecular weight excluding hydrogens is 211 g/mol. The van der Waals surface area contributed by atoms with Gasteiger partial charge in [0, 0.05) is 24.6 Å². The van der Waals surface area contributed by atoms with E-state index in [2.05, 4.69) is 4.90 Å². The van der Waals surface area contributed by atoms with Gasteiger partial charge in [0.2, 0.25) is 0 Å². The minimum Gasteiger partial charge on any atom is -0.369 e. The van der Waals surface area contributed by atoms with E-state index in [9.17, 15) is 4.39 Å². The van der Waals surface area contributed by atoms with Crippen molar-refractivity contribution in [2.75, 3.05) is 29.5 Å². The molecule has 0 aliphatic carbocycles. The number of halogens is 1. The van der Waals surface area contributed by atoms with E-state index in [0.29, 0.717) is 5.56 Å². The standard InChI is InChI=1S/C11H11FN2S/c12-10-1-2-11(9(7-10)8-13)14-3-5-15-6-4-14/h1-2,7H,3-6H2. The Morgan fingerprint density at radius 1 is 1.33 bits per heavy atom. The van der Waals surface area contributed by atoms with E-state index in [1.807, 2.05) is 17.8 Å². The van der Waals surface area contributed by atoms with Gasteiger partial charge in [-0.15, -0.1) is 0 Å². The van der Waals surface area contributed by atoms with Crippen LogP contribution in [0.4, 0.5) is 10.1 Å². The molecule has 1 saturated heterocycles. The Morgan fingerprint density at radius 2 is 2.07 bits per heavy atom. The molecule has 1 aromatic carbocycles. The number of rotatable bonds is 1. The Kier molecular flexibility index (Phi) is 3.12. The highest BCUT2D eigenvalue weighted by Crippen LogP contribution is 2.23. The van der Waals surface area contributed by atoms with E-state index in [4.69, 9.17) is 5.26 Å². The third-order valence-corrected chi connectivity index (χ3v) is 3.37. The first kappa shape index (κ1) is 10.3. The van der Waals surface area contributed by atoms with Crippen LogP contribution in [0.5, 0.6) is 0 Å². The molecule has 1 aliphatic heterocycles. The summed E-state index contributed by atoms with van der Waals surface area (Å²) < 4.78 is 12.9. The molecular formula is C11H11FN2S. The highest BCUT2D eigenvalue weighted by molar-refractivity contribution is 7.99. The molecule has 0 unspecified atom stereocenters. The topological polar surface area (TPSA) is 27.0 Å². The van der Waals surface area contributed by atoms with E-state index < -0.39 is 0 Å². The Morgan fingerprint density at radius 3 is 2.73 bits per heavy atom. The van der Waals surface area contributed by atoms with Crippen molar-refractivity contribution in [2.45, 2.75) is 0 Å². The Labute approximate surface area is 92.7 Å². The van der Waals surface area contributed by atoms with Gasteiger partial charge in [0.15, 0.2) is 0 Å². The molecule has 0 spiro atoms.